The number of guanidine groups is 1. The van der Waals surface area contributed by atoms with E-state index in [0.29, 0.717) is 12.5 Å². The minimum atomic E-state index is -0.194. The molecule has 156 valence electrons. The molecule has 2 N–H and O–H groups in total. The first kappa shape index (κ1) is 21.7. The fourth-order valence-electron chi connectivity index (χ4n) is 4.32. The molecule has 2 aliphatic rings. The predicted octanol–water partition coefficient (Wildman–Crippen LogP) is 3.18. The summed E-state index contributed by atoms with van der Waals surface area (Å²) in [5.41, 5.74) is 7.50. The average molecular weight is 510 g/mol. The Hall–Kier alpha value is -1.97. The number of hydrogen-bond acceptors (Lipinski definition) is 4. The first-order chi connectivity index (χ1) is 13.7. The van der Waals surface area contributed by atoms with E-state index >= 15 is 0 Å². The number of nitrogens with two attached hydrogens (primary N) is 1. The molecule has 1 aromatic carbocycles. The molecule has 1 aliphatic heterocycles. The van der Waals surface area contributed by atoms with Crippen LogP contribution in [0.4, 0.5) is 10.3 Å². The van der Waals surface area contributed by atoms with Gasteiger partial charge >= 0.3 is 0 Å². The Bertz CT molecular complexity index is 800. The minimum absolute atomic E-state index is 0. The first-order valence-electron chi connectivity index (χ1n) is 9.99. The smallest absolute Gasteiger partial charge is 0.225 e. The van der Waals surface area contributed by atoms with E-state index in [1.807, 2.05) is 18.2 Å². The number of halogens is 2. The van der Waals surface area contributed by atoms with Crippen molar-refractivity contribution in [1.82, 2.24) is 14.9 Å². The van der Waals surface area contributed by atoms with E-state index in [-0.39, 0.29) is 35.2 Å². The van der Waals surface area contributed by atoms with Gasteiger partial charge in [-0.15, -0.1) is 24.0 Å². The number of anilines is 1. The SMILES string of the molecule is I.NC(=NCC1(c2ccc(F)cc2)CCCC1)N1CCN(c2ncccn2)CC1. The van der Waals surface area contributed by atoms with Crippen LogP contribution in [0.5, 0.6) is 0 Å². The fourth-order valence-corrected chi connectivity index (χ4v) is 4.32. The molecule has 29 heavy (non-hydrogen) atoms. The van der Waals surface area contributed by atoms with Gasteiger partial charge in [0.15, 0.2) is 5.96 Å². The van der Waals surface area contributed by atoms with E-state index in [1.165, 1.54) is 18.4 Å². The summed E-state index contributed by atoms with van der Waals surface area (Å²) >= 11 is 0. The van der Waals surface area contributed by atoms with Crippen molar-refractivity contribution in [2.45, 2.75) is 31.1 Å². The summed E-state index contributed by atoms with van der Waals surface area (Å²) in [5, 5.41) is 0. The van der Waals surface area contributed by atoms with Gasteiger partial charge in [0.2, 0.25) is 5.95 Å². The Morgan fingerprint density at radius 3 is 2.28 bits per heavy atom. The summed E-state index contributed by atoms with van der Waals surface area (Å²) in [5.74, 6) is 1.17. The summed E-state index contributed by atoms with van der Waals surface area (Å²) in [4.78, 5) is 17.7. The van der Waals surface area contributed by atoms with Gasteiger partial charge in [0.25, 0.3) is 0 Å². The van der Waals surface area contributed by atoms with E-state index in [4.69, 9.17) is 10.7 Å². The van der Waals surface area contributed by atoms with Crippen molar-refractivity contribution in [3.63, 3.8) is 0 Å². The van der Waals surface area contributed by atoms with Gasteiger partial charge in [-0.3, -0.25) is 4.99 Å². The molecule has 4 rings (SSSR count). The summed E-state index contributed by atoms with van der Waals surface area (Å²) in [7, 11) is 0. The summed E-state index contributed by atoms with van der Waals surface area (Å²) in [6.07, 6.45) is 8.05. The highest BCUT2D eigenvalue weighted by atomic mass is 127. The molecule has 0 unspecified atom stereocenters. The Kier molecular flexibility index (Phi) is 7.26. The molecule has 8 heteroatoms. The molecule has 1 aromatic heterocycles. The van der Waals surface area contributed by atoms with Crippen molar-refractivity contribution in [1.29, 1.82) is 0 Å². The van der Waals surface area contributed by atoms with Gasteiger partial charge in [-0.25, -0.2) is 14.4 Å². The lowest BCUT2D eigenvalue weighted by Gasteiger charge is -2.35. The van der Waals surface area contributed by atoms with Gasteiger partial charge in [0, 0.05) is 44.0 Å². The van der Waals surface area contributed by atoms with Crippen LogP contribution in [0.25, 0.3) is 0 Å². The number of benzene rings is 1. The van der Waals surface area contributed by atoms with E-state index in [9.17, 15) is 4.39 Å². The highest BCUT2D eigenvalue weighted by molar-refractivity contribution is 14.0. The molecule has 0 amide bonds. The average Bonchev–Trinajstić information content (AvgIpc) is 3.23. The van der Waals surface area contributed by atoms with Gasteiger partial charge in [-0.05, 0) is 36.6 Å². The molecule has 0 bridgehead atoms. The summed E-state index contributed by atoms with van der Waals surface area (Å²) in [6, 6.07) is 8.74. The molecular formula is C21H28FIN6. The Labute approximate surface area is 188 Å². The van der Waals surface area contributed by atoms with Crippen molar-refractivity contribution >= 4 is 35.9 Å². The normalized spacial score (nSPS) is 19.1. The Balaban J connectivity index is 0.00000240. The van der Waals surface area contributed by atoms with Crippen molar-refractivity contribution < 1.29 is 4.39 Å². The first-order valence-corrected chi connectivity index (χ1v) is 9.99. The van der Waals surface area contributed by atoms with Crippen LogP contribution >= 0.6 is 24.0 Å². The molecule has 2 fully saturated rings. The molecule has 0 atom stereocenters. The highest BCUT2D eigenvalue weighted by Gasteiger charge is 2.35. The maximum Gasteiger partial charge on any atom is 0.225 e. The largest absolute Gasteiger partial charge is 0.370 e. The Morgan fingerprint density at radius 1 is 1.03 bits per heavy atom. The third kappa shape index (κ3) is 4.96. The zero-order valence-corrected chi connectivity index (χ0v) is 18.8. The van der Waals surface area contributed by atoms with E-state index < -0.39 is 0 Å². The van der Waals surface area contributed by atoms with Gasteiger partial charge < -0.3 is 15.5 Å². The lowest BCUT2D eigenvalue weighted by atomic mass is 9.79. The quantitative estimate of drug-likeness (QED) is 0.389. The second-order valence-electron chi connectivity index (χ2n) is 7.69. The van der Waals surface area contributed by atoms with Crippen LogP contribution in [0.3, 0.4) is 0 Å². The van der Waals surface area contributed by atoms with Crippen LogP contribution < -0.4 is 10.6 Å². The van der Waals surface area contributed by atoms with Crippen molar-refractivity contribution in [2.75, 3.05) is 37.6 Å². The monoisotopic (exact) mass is 510 g/mol. The standard InChI is InChI=1S/C21H27FN6.HI/c22-18-6-4-17(5-7-18)21(8-1-2-9-21)16-26-19(23)27-12-14-28(15-13-27)20-24-10-3-11-25-20;/h3-7,10-11H,1-2,8-9,12-16H2,(H2,23,26);1H. The zero-order valence-electron chi connectivity index (χ0n) is 16.5. The van der Waals surface area contributed by atoms with Crippen LogP contribution in [0.2, 0.25) is 0 Å². The van der Waals surface area contributed by atoms with Crippen LogP contribution in [0.1, 0.15) is 31.2 Å². The van der Waals surface area contributed by atoms with Crippen LogP contribution in [0.15, 0.2) is 47.7 Å². The third-order valence-corrected chi connectivity index (χ3v) is 6.00. The van der Waals surface area contributed by atoms with Gasteiger partial charge in [0.05, 0.1) is 6.54 Å². The van der Waals surface area contributed by atoms with Gasteiger partial charge in [-0.2, -0.15) is 0 Å². The Morgan fingerprint density at radius 2 is 1.66 bits per heavy atom. The molecule has 1 saturated heterocycles. The number of rotatable bonds is 4. The van der Waals surface area contributed by atoms with Gasteiger partial charge in [-0.1, -0.05) is 25.0 Å². The van der Waals surface area contributed by atoms with Crippen molar-refractivity contribution in [3.8, 4) is 0 Å². The molecule has 2 heterocycles. The van der Waals surface area contributed by atoms with E-state index in [2.05, 4.69) is 19.8 Å². The minimum Gasteiger partial charge on any atom is -0.370 e. The second kappa shape index (κ2) is 9.69. The molecule has 0 spiro atoms. The maximum absolute atomic E-state index is 13.3. The van der Waals surface area contributed by atoms with Crippen LogP contribution in [-0.4, -0.2) is 53.6 Å². The number of piperazine rings is 1. The number of nitrogens with zero attached hydrogens (tertiary/aromatic N) is 5. The second-order valence-corrected chi connectivity index (χ2v) is 7.69. The van der Waals surface area contributed by atoms with E-state index in [1.54, 1.807) is 24.5 Å². The van der Waals surface area contributed by atoms with Crippen molar-refractivity contribution in [2.24, 2.45) is 10.7 Å². The third-order valence-electron chi connectivity index (χ3n) is 6.00. The van der Waals surface area contributed by atoms with E-state index in [0.717, 1.165) is 45.0 Å². The highest BCUT2D eigenvalue weighted by Crippen LogP contribution is 2.41. The molecule has 1 aliphatic carbocycles. The lowest BCUT2D eigenvalue weighted by Crippen LogP contribution is -2.51. The fraction of sp³-hybridized carbons (Fsp3) is 0.476. The number of aliphatic imine (C=N–C) groups is 1. The molecule has 2 aromatic rings. The molecule has 6 nitrogen and oxygen atoms in total. The zero-order chi connectivity index (χ0) is 19.4. The van der Waals surface area contributed by atoms with Crippen molar-refractivity contribution in [3.05, 3.63) is 54.1 Å². The predicted molar refractivity (Wildman–Crippen MR) is 124 cm³/mol. The number of hydrogen-bond donors (Lipinski definition) is 1. The maximum atomic E-state index is 13.3. The van der Waals surface area contributed by atoms with Crippen LogP contribution in [0, 0.1) is 5.82 Å². The molecule has 1 saturated carbocycles. The summed E-state index contributed by atoms with van der Waals surface area (Å²) in [6.45, 7) is 3.91. The molecule has 0 radical (unpaired) electrons. The number of aromatic nitrogens is 2. The molecular weight excluding hydrogens is 482 g/mol. The topological polar surface area (TPSA) is 70.6 Å². The van der Waals surface area contributed by atoms with Gasteiger partial charge in [0.1, 0.15) is 5.82 Å². The lowest BCUT2D eigenvalue weighted by molar-refractivity contribution is 0.373. The summed E-state index contributed by atoms with van der Waals surface area (Å²) < 4.78 is 13.3. The van der Waals surface area contributed by atoms with Crippen LogP contribution in [-0.2, 0) is 5.41 Å².